The van der Waals surface area contributed by atoms with Crippen molar-refractivity contribution in [1.29, 1.82) is 0 Å². The van der Waals surface area contributed by atoms with Crippen LogP contribution in [0, 0.1) is 5.92 Å². The van der Waals surface area contributed by atoms with Gasteiger partial charge in [-0.3, -0.25) is 19.8 Å². The summed E-state index contributed by atoms with van der Waals surface area (Å²) in [6.07, 6.45) is 5.52. The van der Waals surface area contributed by atoms with Gasteiger partial charge in [-0.15, -0.1) is 9.60 Å². The van der Waals surface area contributed by atoms with Crippen molar-refractivity contribution >= 4 is 18.0 Å². The molecule has 2 amide bonds. The summed E-state index contributed by atoms with van der Waals surface area (Å²) in [5.41, 5.74) is 1.91. The van der Waals surface area contributed by atoms with Gasteiger partial charge < -0.3 is 10.1 Å². The minimum Gasteiger partial charge on any atom is -0.380 e. The summed E-state index contributed by atoms with van der Waals surface area (Å²) in [7, 11) is 1.65. The lowest BCUT2D eigenvalue weighted by atomic mass is 10.1. The molecular formula is C23H37FN4O3. The SMILES string of the molecule is C/C=C\C(=O)N(C=O)CCCCCNC(C(C)C)N(F)CNc1ccc(COC)cc1. The molecule has 1 rings (SSSR count). The van der Waals surface area contributed by atoms with Crippen LogP contribution in [0.2, 0.25) is 0 Å². The Kier molecular flexibility index (Phi) is 13.4. The van der Waals surface area contributed by atoms with Crippen LogP contribution in [0.1, 0.15) is 45.6 Å². The number of imide groups is 1. The van der Waals surface area contributed by atoms with E-state index in [0.717, 1.165) is 35.6 Å². The number of allylic oxidation sites excluding steroid dienone is 1. The van der Waals surface area contributed by atoms with E-state index in [2.05, 4.69) is 10.6 Å². The number of benzene rings is 1. The lowest BCUT2D eigenvalue weighted by Crippen LogP contribution is -2.47. The molecule has 8 heteroatoms. The van der Waals surface area contributed by atoms with Gasteiger partial charge in [-0.2, -0.15) is 0 Å². The number of rotatable bonds is 16. The Morgan fingerprint density at radius 1 is 1.19 bits per heavy atom. The van der Waals surface area contributed by atoms with E-state index in [9.17, 15) is 14.1 Å². The first kappa shape index (κ1) is 26.7. The number of unbranched alkanes of at least 4 members (excludes halogenated alkanes) is 2. The highest BCUT2D eigenvalue weighted by Crippen LogP contribution is 2.13. The van der Waals surface area contributed by atoms with Gasteiger partial charge in [0, 0.05) is 19.3 Å². The first-order chi connectivity index (χ1) is 14.9. The molecule has 1 aromatic rings. The van der Waals surface area contributed by atoms with Crippen LogP contribution in [-0.4, -0.2) is 55.4 Å². The van der Waals surface area contributed by atoms with Crippen LogP contribution < -0.4 is 10.6 Å². The van der Waals surface area contributed by atoms with Gasteiger partial charge in [-0.05, 0) is 56.0 Å². The first-order valence-corrected chi connectivity index (χ1v) is 10.8. The van der Waals surface area contributed by atoms with E-state index in [4.69, 9.17) is 4.74 Å². The molecule has 0 aliphatic heterocycles. The van der Waals surface area contributed by atoms with E-state index < -0.39 is 6.17 Å². The zero-order chi connectivity index (χ0) is 23.1. The zero-order valence-corrected chi connectivity index (χ0v) is 19.1. The van der Waals surface area contributed by atoms with E-state index in [1.54, 1.807) is 20.1 Å². The summed E-state index contributed by atoms with van der Waals surface area (Å²) in [4.78, 5) is 23.8. The third-order valence-corrected chi connectivity index (χ3v) is 4.78. The number of carbonyl (C=O) groups excluding carboxylic acids is 2. The Morgan fingerprint density at radius 3 is 2.48 bits per heavy atom. The van der Waals surface area contributed by atoms with Crippen molar-refractivity contribution in [3.63, 3.8) is 0 Å². The second-order valence-electron chi connectivity index (χ2n) is 7.71. The van der Waals surface area contributed by atoms with E-state index in [1.165, 1.54) is 11.0 Å². The normalized spacial score (nSPS) is 12.5. The monoisotopic (exact) mass is 436 g/mol. The fraction of sp³-hybridized carbons (Fsp3) is 0.565. The molecule has 0 spiro atoms. The van der Waals surface area contributed by atoms with Crippen LogP contribution in [0.3, 0.4) is 0 Å². The van der Waals surface area contributed by atoms with Gasteiger partial charge in [-0.1, -0.05) is 38.5 Å². The number of hydrogen-bond acceptors (Lipinski definition) is 6. The summed E-state index contributed by atoms with van der Waals surface area (Å²) in [6, 6.07) is 7.71. The summed E-state index contributed by atoms with van der Waals surface area (Å²) in [6.45, 7) is 7.34. The van der Waals surface area contributed by atoms with Crippen molar-refractivity contribution in [2.24, 2.45) is 5.92 Å². The average molecular weight is 437 g/mol. The number of nitrogens with zero attached hydrogens (tertiary/aromatic N) is 2. The van der Waals surface area contributed by atoms with Crippen LogP contribution in [-0.2, 0) is 20.9 Å². The smallest absolute Gasteiger partial charge is 0.252 e. The molecule has 0 fully saturated rings. The zero-order valence-electron chi connectivity index (χ0n) is 19.1. The van der Waals surface area contributed by atoms with E-state index in [1.807, 2.05) is 38.1 Å². The molecule has 0 aromatic heterocycles. The Labute approximate surface area is 185 Å². The number of ether oxygens (including phenoxy) is 1. The summed E-state index contributed by atoms with van der Waals surface area (Å²) in [5, 5.41) is 7.13. The third kappa shape index (κ3) is 10.5. The predicted molar refractivity (Wildman–Crippen MR) is 122 cm³/mol. The van der Waals surface area contributed by atoms with Gasteiger partial charge in [0.15, 0.2) is 0 Å². The van der Waals surface area contributed by atoms with Gasteiger partial charge in [0.25, 0.3) is 5.91 Å². The van der Waals surface area contributed by atoms with Crippen molar-refractivity contribution in [3.8, 4) is 0 Å². The Hall–Kier alpha value is -2.29. The Balaban J connectivity index is 2.34. The second kappa shape index (κ2) is 15.5. The predicted octanol–water partition coefficient (Wildman–Crippen LogP) is 3.69. The summed E-state index contributed by atoms with van der Waals surface area (Å²) < 4.78 is 19.8. The largest absolute Gasteiger partial charge is 0.380 e. The second-order valence-corrected chi connectivity index (χ2v) is 7.71. The van der Waals surface area contributed by atoms with E-state index >= 15 is 0 Å². The minimum absolute atomic E-state index is 0.0703. The lowest BCUT2D eigenvalue weighted by molar-refractivity contribution is -0.134. The van der Waals surface area contributed by atoms with Crippen LogP contribution in [0.4, 0.5) is 10.2 Å². The average Bonchev–Trinajstić information content (AvgIpc) is 2.75. The molecule has 0 radical (unpaired) electrons. The number of carbonyl (C=O) groups is 2. The van der Waals surface area contributed by atoms with Crippen LogP contribution >= 0.6 is 0 Å². The quantitative estimate of drug-likeness (QED) is 0.135. The molecule has 1 unspecified atom stereocenters. The highest BCUT2D eigenvalue weighted by Gasteiger charge is 2.21. The van der Waals surface area contributed by atoms with Gasteiger partial charge in [0.1, 0.15) is 0 Å². The number of methoxy groups -OCH3 is 1. The molecule has 7 nitrogen and oxygen atoms in total. The number of nitrogens with one attached hydrogen (secondary N) is 2. The van der Waals surface area contributed by atoms with Gasteiger partial charge in [-0.25, -0.2) is 0 Å². The van der Waals surface area contributed by atoms with E-state index in [0.29, 0.717) is 26.1 Å². The number of amides is 2. The standard InChI is InChI=1S/C23H37FN4O3/c1-5-9-22(30)27(18-29)15-8-6-7-14-25-23(19(2)3)28(24)17-26-21-12-10-20(11-13-21)16-31-4/h5,9-13,18-19,23,25-26H,6-8,14-17H2,1-4H3/b9-5-. The lowest BCUT2D eigenvalue weighted by Gasteiger charge is -2.28. The molecule has 0 bridgehead atoms. The maximum Gasteiger partial charge on any atom is 0.252 e. The van der Waals surface area contributed by atoms with Crippen molar-refractivity contribution in [3.05, 3.63) is 42.0 Å². The van der Waals surface area contributed by atoms with Crippen molar-refractivity contribution in [1.82, 2.24) is 15.3 Å². The van der Waals surface area contributed by atoms with Crippen LogP contribution in [0.15, 0.2) is 36.4 Å². The molecule has 0 aliphatic carbocycles. The molecule has 1 atom stereocenters. The first-order valence-electron chi connectivity index (χ1n) is 10.8. The van der Waals surface area contributed by atoms with Crippen LogP contribution in [0.5, 0.6) is 0 Å². The fourth-order valence-corrected chi connectivity index (χ4v) is 3.10. The van der Waals surface area contributed by atoms with Crippen LogP contribution in [0.25, 0.3) is 0 Å². The Bertz CT molecular complexity index is 667. The van der Waals surface area contributed by atoms with Crippen molar-refractivity contribution < 1.29 is 18.8 Å². The maximum absolute atomic E-state index is 14.7. The van der Waals surface area contributed by atoms with E-state index in [-0.39, 0.29) is 18.5 Å². The molecule has 174 valence electrons. The number of anilines is 1. The number of halogens is 1. The molecule has 0 heterocycles. The van der Waals surface area contributed by atoms with Gasteiger partial charge in [0.2, 0.25) is 6.41 Å². The maximum atomic E-state index is 14.7. The molecule has 0 saturated heterocycles. The molecular weight excluding hydrogens is 399 g/mol. The molecule has 2 N–H and O–H groups in total. The Morgan fingerprint density at radius 2 is 1.90 bits per heavy atom. The highest BCUT2D eigenvalue weighted by molar-refractivity contribution is 5.94. The van der Waals surface area contributed by atoms with Crippen molar-refractivity contribution in [2.75, 3.05) is 32.2 Å². The molecule has 1 aromatic carbocycles. The summed E-state index contributed by atoms with van der Waals surface area (Å²) in [5.74, 6) is -0.218. The summed E-state index contributed by atoms with van der Waals surface area (Å²) >= 11 is 0. The topological polar surface area (TPSA) is 73.9 Å². The molecule has 31 heavy (non-hydrogen) atoms. The van der Waals surface area contributed by atoms with Gasteiger partial charge >= 0.3 is 0 Å². The fourth-order valence-electron chi connectivity index (χ4n) is 3.10. The number of hydrogen-bond donors (Lipinski definition) is 2. The van der Waals surface area contributed by atoms with Crippen molar-refractivity contribution in [2.45, 2.75) is 52.8 Å². The van der Waals surface area contributed by atoms with Gasteiger partial charge in [0.05, 0.1) is 19.4 Å². The third-order valence-electron chi connectivity index (χ3n) is 4.78. The minimum atomic E-state index is -0.414. The molecule has 0 saturated carbocycles. The molecule has 0 aliphatic rings. The highest BCUT2D eigenvalue weighted by atomic mass is 19.2.